The van der Waals surface area contributed by atoms with Crippen molar-refractivity contribution in [2.45, 2.75) is 13.0 Å². The molecular formula is C13H14N4O4. The number of ether oxygens (including phenoxy) is 3. The number of rotatable bonds is 3. The summed E-state index contributed by atoms with van der Waals surface area (Å²) in [5, 5.41) is 6.84. The normalized spacial score (nSPS) is 13.8. The zero-order valence-corrected chi connectivity index (χ0v) is 11.6. The second-order valence-electron chi connectivity index (χ2n) is 4.43. The molecule has 0 bridgehead atoms. The number of benzene rings is 1. The van der Waals surface area contributed by atoms with Crippen LogP contribution in [0.3, 0.4) is 0 Å². The molecule has 1 aromatic carbocycles. The number of nitrogens with zero attached hydrogens (tertiary/aromatic N) is 3. The van der Waals surface area contributed by atoms with Gasteiger partial charge in [0.15, 0.2) is 17.3 Å². The van der Waals surface area contributed by atoms with Crippen LogP contribution in [0, 0.1) is 0 Å². The van der Waals surface area contributed by atoms with Gasteiger partial charge in [0.25, 0.3) is 0 Å². The Kier molecular flexibility index (Phi) is 3.35. The molecule has 1 atom stereocenters. The van der Waals surface area contributed by atoms with Crippen molar-refractivity contribution < 1.29 is 19.0 Å². The molecule has 0 saturated heterocycles. The largest absolute Gasteiger partial charge is 0.454 e. The molecule has 2 heterocycles. The molecule has 0 aliphatic carbocycles. The SMILES string of the molecule is COC(=O)NC(C)c1ncnn1-c1ccc2c(c1)OCO2. The molecule has 0 saturated carbocycles. The van der Waals surface area contributed by atoms with Gasteiger partial charge in [-0.15, -0.1) is 0 Å². The van der Waals surface area contributed by atoms with Crippen molar-refractivity contribution in [1.29, 1.82) is 0 Å². The van der Waals surface area contributed by atoms with E-state index in [1.165, 1.54) is 13.4 Å². The van der Waals surface area contributed by atoms with Crippen LogP contribution in [0.2, 0.25) is 0 Å². The molecule has 0 fully saturated rings. The predicted octanol–water partition coefficient (Wildman–Crippen LogP) is 1.41. The zero-order chi connectivity index (χ0) is 14.8. The van der Waals surface area contributed by atoms with Gasteiger partial charge in [0, 0.05) is 6.07 Å². The molecule has 0 radical (unpaired) electrons. The molecule has 1 aliphatic heterocycles. The molecule has 110 valence electrons. The standard InChI is InChI=1S/C13H14N4O4/c1-8(16-13(18)19-2)12-14-6-15-17(12)9-3-4-10-11(5-9)21-7-20-10/h3-6,8H,7H2,1-2H3,(H,16,18). The molecule has 1 amide bonds. The van der Waals surface area contributed by atoms with Crippen LogP contribution in [-0.4, -0.2) is 34.8 Å². The minimum Gasteiger partial charge on any atom is -0.454 e. The minimum absolute atomic E-state index is 0.212. The van der Waals surface area contributed by atoms with Crippen LogP contribution in [0.4, 0.5) is 4.79 Å². The highest BCUT2D eigenvalue weighted by Gasteiger charge is 2.19. The maximum absolute atomic E-state index is 11.3. The maximum atomic E-state index is 11.3. The van der Waals surface area contributed by atoms with Crippen LogP contribution in [0.15, 0.2) is 24.5 Å². The van der Waals surface area contributed by atoms with E-state index in [1.54, 1.807) is 11.6 Å². The lowest BCUT2D eigenvalue weighted by Crippen LogP contribution is -2.28. The summed E-state index contributed by atoms with van der Waals surface area (Å²) < 4.78 is 16.8. The predicted molar refractivity (Wildman–Crippen MR) is 71.4 cm³/mol. The van der Waals surface area contributed by atoms with Crippen molar-refractivity contribution in [3.05, 3.63) is 30.4 Å². The van der Waals surface area contributed by atoms with Crippen LogP contribution < -0.4 is 14.8 Å². The van der Waals surface area contributed by atoms with Crippen molar-refractivity contribution in [1.82, 2.24) is 20.1 Å². The Morgan fingerprint density at radius 1 is 1.43 bits per heavy atom. The number of carbonyl (C=O) groups is 1. The highest BCUT2D eigenvalue weighted by molar-refractivity contribution is 5.67. The third kappa shape index (κ3) is 2.47. The summed E-state index contributed by atoms with van der Waals surface area (Å²) in [6.45, 7) is 2.01. The lowest BCUT2D eigenvalue weighted by Gasteiger charge is -2.13. The van der Waals surface area contributed by atoms with Crippen LogP contribution >= 0.6 is 0 Å². The fourth-order valence-electron chi connectivity index (χ4n) is 2.06. The number of hydrogen-bond donors (Lipinski definition) is 1. The topological polar surface area (TPSA) is 87.5 Å². The first-order chi connectivity index (χ1) is 10.2. The molecule has 1 aliphatic rings. The number of hydrogen-bond acceptors (Lipinski definition) is 6. The highest BCUT2D eigenvalue weighted by atomic mass is 16.7. The van der Waals surface area contributed by atoms with Crippen molar-refractivity contribution in [3.8, 4) is 17.2 Å². The fraction of sp³-hybridized carbons (Fsp3) is 0.308. The van der Waals surface area contributed by atoms with E-state index in [4.69, 9.17) is 9.47 Å². The third-order valence-electron chi connectivity index (χ3n) is 3.08. The van der Waals surface area contributed by atoms with E-state index in [0.717, 1.165) is 5.69 Å². The van der Waals surface area contributed by atoms with Crippen LogP contribution in [0.25, 0.3) is 5.69 Å². The van der Waals surface area contributed by atoms with Crippen molar-refractivity contribution in [2.24, 2.45) is 0 Å². The monoisotopic (exact) mass is 290 g/mol. The molecule has 8 nitrogen and oxygen atoms in total. The molecular weight excluding hydrogens is 276 g/mol. The molecule has 2 aromatic rings. The summed E-state index contributed by atoms with van der Waals surface area (Å²) in [5.41, 5.74) is 0.769. The van der Waals surface area contributed by atoms with E-state index in [2.05, 4.69) is 20.1 Å². The lowest BCUT2D eigenvalue weighted by molar-refractivity contribution is 0.167. The molecule has 21 heavy (non-hydrogen) atoms. The Morgan fingerprint density at radius 2 is 2.24 bits per heavy atom. The van der Waals surface area contributed by atoms with Gasteiger partial charge in [-0.2, -0.15) is 5.10 Å². The summed E-state index contributed by atoms with van der Waals surface area (Å²) in [6, 6.07) is 5.11. The number of aromatic nitrogens is 3. The zero-order valence-electron chi connectivity index (χ0n) is 11.6. The molecule has 8 heteroatoms. The van der Waals surface area contributed by atoms with E-state index in [-0.39, 0.29) is 12.8 Å². The number of amides is 1. The average molecular weight is 290 g/mol. The van der Waals surface area contributed by atoms with Crippen molar-refractivity contribution >= 4 is 6.09 Å². The van der Waals surface area contributed by atoms with Gasteiger partial charge in [-0.3, -0.25) is 0 Å². The Morgan fingerprint density at radius 3 is 3.05 bits per heavy atom. The highest BCUT2D eigenvalue weighted by Crippen LogP contribution is 2.33. The van der Waals surface area contributed by atoms with E-state index in [9.17, 15) is 4.79 Å². The summed E-state index contributed by atoms with van der Waals surface area (Å²) in [7, 11) is 1.31. The van der Waals surface area contributed by atoms with Crippen molar-refractivity contribution in [2.75, 3.05) is 13.9 Å². The number of methoxy groups -OCH3 is 1. The molecule has 1 aromatic heterocycles. The summed E-state index contributed by atoms with van der Waals surface area (Å²) in [5.74, 6) is 1.93. The first kappa shape index (κ1) is 13.2. The van der Waals surface area contributed by atoms with Crippen molar-refractivity contribution in [3.63, 3.8) is 0 Å². The number of nitrogens with one attached hydrogen (secondary N) is 1. The van der Waals surface area contributed by atoms with Gasteiger partial charge in [0.05, 0.1) is 18.8 Å². The smallest absolute Gasteiger partial charge is 0.407 e. The minimum atomic E-state index is -0.525. The second-order valence-corrected chi connectivity index (χ2v) is 4.43. The molecule has 1 N–H and O–H groups in total. The van der Waals surface area contributed by atoms with E-state index in [1.807, 2.05) is 18.2 Å². The van der Waals surface area contributed by atoms with Gasteiger partial charge in [0.1, 0.15) is 6.33 Å². The molecule has 0 spiro atoms. The maximum Gasteiger partial charge on any atom is 0.407 e. The summed E-state index contributed by atoms with van der Waals surface area (Å²) in [4.78, 5) is 15.5. The van der Waals surface area contributed by atoms with Crippen LogP contribution in [0.5, 0.6) is 11.5 Å². The summed E-state index contributed by atoms with van der Waals surface area (Å²) >= 11 is 0. The number of alkyl carbamates (subject to hydrolysis) is 1. The Bertz CT molecular complexity index is 670. The van der Waals surface area contributed by atoms with Gasteiger partial charge in [-0.25, -0.2) is 14.5 Å². The summed E-state index contributed by atoms with van der Waals surface area (Å²) in [6.07, 6.45) is 0.901. The Labute approximate surface area is 120 Å². The van der Waals surface area contributed by atoms with Gasteiger partial charge in [-0.05, 0) is 19.1 Å². The second kappa shape index (κ2) is 5.31. The first-order valence-corrected chi connectivity index (χ1v) is 6.33. The average Bonchev–Trinajstić information content (AvgIpc) is 3.14. The molecule has 3 rings (SSSR count). The van der Waals surface area contributed by atoms with Crippen LogP contribution in [0.1, 0.15) is 18.8 Å². The van der Waals surface area contributed by atoms with Gasteiger partial charge in [0.2, 0.25) is 6.79 Å². The van der Waals surface area contributed by atoms with Gasteiger partial charge < -0.3 is 19.5 Å². The third-order valence-corrected chi connectivity index (χ3v) is 3.08. The quantitative estimate of drug-likeness (QED) is 0.919. The number of carbonyl (C=O) groups excluding carboxylic acids is 1. The van der Waals surface area contributed by atoms with E-state index >= 15 is 0 Å². The van der Waals surface area contributed by atoms with Gasteiger partial charge >= 0.3 is 6.09 Å². The lowest BCUT2D eigenvalue weighted by atomic mass is 10.2. The Hall–Kier alpha value is -2.77. The van der Waals surface area contributed by atoms with Gasteiger partial charge in [-0.1, -0.05) is 0 Å². The van der Waals surface area contributed by atoms with Crippen LogP contribution in [-0.2, 0) is 4.74 Å². The van der Waals surface area contributed by atoms with E-state index in [0.29, 0.717) is 17.3 Å². The van der Waals surface area contributed by atoms with E-state index < -0.39 is 6.09 Å². The number of fused-ring (bicyclic) bond motifs is 1. The fourth-order valence-corrected chi connectivity index (χ4v) is 2.06. The first-order valence-electron chi connectivity index (χ1n) is 6.33. The Balaban J connectivity index is 1.90. The molecule has 1 unspecified atom stereocenters.